The highest BCUT2D eigenvalue weighted by Gasteiger charge is 2.30. The van der Waals surface area contributed by atoms with E-state index in [0.29, 0.717) is 17.9 Å². The Kier molecular flexibility index (Phi) is 9.16. The van der Waals surface area contributed by atoms with E-state index >= 15 is 0 Å². The molecule has 7 nitrogen and oxygen atoms in total. The summed E-state index contributed by atoms with van der Waals surface area (Å²) in [6, 6.07) is 11.3. The number of benzene rings is 2. The van der Waals surface area contributed by atoms with Crippen molar-refractivity contribution in [2.24, 2.45) is 0 Å². The van der Waals surface area contributed by atoms with Gasteiger partial charge in [-0.15, -0.1) is 0 Å². The molecule has 42 heavy (non-hydrogen) atoms. The molecule has 0 bridgehead atoms. The van der Waals surface area contributed by atoms with E-state index in [-0.39, 0.29) is 0 Å². The minimum absolute atomic E-state index is 0.318. The van der Waals surface area contributed by atoms with Gasteiger partial charge in [0.15, 0.2) is 5.82 Å². The second kappa shape index (κ2) is 12.8. The molecule has 224 valence electrons. The van der Waals surface area contributed by atoms with Crippen LogP contribution in [-0.2, 0) is 17.7 Å². The summed E-state index contributed by atoms with van der Waals surface area (Å²) >= 11 is 0. The zero-order valence-electron chi connectivity index (χ0n) is 26.8. The number of aryl methyl sites for hydroxylation is 1. The summed E-state index contributed by atoms with van der Waals surface area (Å²) < 4.78 is 5.70. The standard InChI is InChI=1S/C33H42N6O.C2H6/c1-20(2)23-8-7-22(5)30(17-23)39-16-13-28-27(19-39)33(38-14-11-24(40-6)12-15-38)36-32(35-28)31-25(21(3)4)9-10-29-26(31)18-34-37-29;1-2/h7-10,17-18,20-21,24H,11-16,19H2,1-6H3,(H,34,37);1-2H3. The van der Waals surface area contributed by atoms with Crippen molar-refractivity contribution < 1.29 is 4.74 Å². The summed E-state index contributed by atoms with van der Waals surface area (Å²) in [6.07, 6.45) is 5.17. The first-order chi connectivity index (χ1) is 20.3. The van der Waals surface area contributed by atoms with Gasteiger partial charge in [-0.2, -0.15) is 5.10 Å². The van der Waals surface area contributed by atoms with Crippen LogP contribution in [0.5, 0.6) is 0 Å². The lowest BCUT2D eigenvalue weighted by atomic mass is 9.93. The number of nitrogens with one attached hydrogen (secondary N) is 1. The monoisotopic (exact) mass is 568 g/mol. The number of piperidine rings is 1. The molecule has 1 N–H and O–H groups in total. The number of hydrogen-bond acceptors (Lipinski definition) is 6. The van der Waals surface area contributed by atoms with E-state index < -0.39 is 0 Å². The quantitative estimate of drug-likeness (QED) is 0.256. The molecule has 0 aliphatic carbocycles. The molecule has 2 aliphatic heterocycles. The maximum absolute atomic E-state index is 5.70. The average Bonchev–Trinajstić information content (AvgIpc) is 3.50. The fourth-order valence-electron chi connectivity index (χ4n) is 6.37. The van der Waals surface area contributed by atoms with Crippen LogP contribution in [0.25, 0.3) is 22.3 Å². The van der Waals surface area contributed by atoms with Gasteiger partial charge in [0, 0.05) is 61.9 Å². The third-order valence-electron chi connectivity index (χ3n) is 8.86. The van der Waals surface area contributed by atoms with E-state index in [1.807, 2.05) is 27.2 Å². The summed E-state index contributed by atoms with van der Waals surface area (Å²) in [5, 5.41) is 8.61. The summed E-state index contributed by atoms with van der Waals surface area (Å²) in [5.74, 6) is 2.76. The fraction of sp³-hybridized carbons (Fsp3) is 0.514. The zero-order chi connectivity index (χ0) is 30.0. The first-order valence-electron chi connectivity index (χ1n) is 15.8. The number of aromatic nitrogens is 4. The van der Waals surface area contributed by atoms with Gasteiger partial charge in [0.05, 0.1) is 23.5 Å². The van der Waals surface area contributed by atoms with E-state index in [4.69, 9.17) is 14.7 Å². The lowest BCUT2D eigenvalue weighted by Gasteiger charge is -2.37. The predicted octanol–water partition coefficient (Wildman–Crippen LogP) is 7.78. The van der Waals surface area contributed by atoms with E-state index in [1.54, 1.807) is 0 Å². The molecular weight excluding hydrogens is 520 g/mol. The first kappa shape index (κ1) is 30.0. The minimum Gasteiger partial charge on any atom is -0.381 e. The molecule has 1 fully saturated rings. The van der Waals surface area contributed by atoms with Gasteiger partial charge in [0.1, 0.15) is 5.82 Å². The van der Waals surface area contributed by atoms with Crippen molar-refractivity contribution in [2.75, 3.05) is 36.5 Å². The Balaban J connectivity index is 0.00000173. The molecule has 2 aromatic heterocycles. The second-order valence-corrected chi connectivity index (χ2v) is 12.1. The number of aromatic amines is 1. The second-order valence-electron chi connectivity index (χ2n) is 12.1. The number of H-pyrrole nitrogens is 1. The highest BCUT2D eigenvalue weighted by atomic mass is 16.5. The van der Waals surface area contributed by atoms with Crippen LogP contribution in [-0.4, -0.2) is 53.0 Å². The molecule has 0 saturated carbocycles. The Morgan fingerprint density at radius 2 is 1.69 bits per heavy atom. The van der Waals surface area contributed by atoms with Gasteiger partial charge in [-0.1, -0.05) is 59.7 Å². The molecule has 2 aliphatic rings. The molecule has 7 heteroatoms. The Hall–Kier alpha value is -3.45. The Morgan fingerprint density at radius 3 is 2.38 bits per heavy atom. The fourth-order valence-corrected chi connectivity index (χ4v) is 6.37. The van der Waals surface area contributed by atoms with Gasteiger partial charge in [0.2, 0.25) is 0 Å². The van der Waals surface area contributed by atoms with Crippen LogP contribution in [0.15, 0.2) is 36.5 Å². The van der Waals surface area contributed by atoms with Crippen LogP contribution >= 0.6 is 0 Å². The van der Waals surface area contributed by atoms with Gasteiger partial charge in [-0.3, -0.25) is 5.10 Å². The van der Waals surface area contributed by atoms with Gasteiger partial charge in [0.25, 0.3) is 0 Å². The molecule has 2 aromatic carbocycles. The normalized spacial score (nSPS) is 15.8. The number of anilines is 2. The average molecular weight is 569 g/mol. The van der Waals surface area contributed by atoms with Crippen LogP contribution in [0.2, 0.25) is 0 Å². The van der Waals surface area contributed by atoms with Gasteiger partial charge >= 0.3 is 0 Å². The molecule has 1 saturated heterocycles. The molecule has 0 amide bonds. The maximum Gasteiger partial charge on any atom is 0.162 e. The highest BCUT2D eigenvalue weighted by Crippen LogP contribution is 2.38. The lowest BCUT2D eigenvalue weighted by molar-refractivity contribution is 0.0817. The van der Waals surface area contributed by atoms with Crippen LogP contribution < -0.4 is 9.80 Å². The van der Waals surface area contributed by atoms with Crippen LogP contribution in [0.4, 0.5) is 11.5 Å². The summed E-state index contributed by atoms with van der Waals surface area (Å²) in [4.78, 5) is 15.7. The SMILES string of the molecule is CC.COC1CCN(c2nc(-c3c(C(C)C)ccc4[nH]ncc34)nc3c2CN(c2cc(C(C)C)ccc2C)CC3)CC1. The Labute approximate surface area is 251 Å². The first-order valence-corrected chi connectivity index (χ1v) is 15.8. The van der Waals surface area contributed by atoms with Crippen LogP contribution in [0, 0.1) is 6.92 Å². The van der Waals surface area contributed by atoms with Crippen LogP contribution in [0.3, 0.4) is 0 Å². The van der Waals surface area contributed by atoms with E-state index in [9.17, 15) is 0 Å². The highest BCUT2D eigenvalue weighted by molar-refractivity contribution is 5.95. The van der Waals surface area contributed by atoms with E-state index in [0.717, 1.165) is 73.6 Å². The summed E-state index contributed by atoms with van der Waals surface area (Å²) in [5.41, 5.74) is 9.88. The Morgan fingerprint density at radius 1 is 0.929 bits per heavy atom. The maximum atomic E-state index is 5.70. The third-order valence-corrected chi connectivity index (χ3v) is 8.86. The van der Waals surface area contributed by atoms with E-state index in [2.05, 4.69) is 84.9 Å². The van der Waals surface area contributed by atoms with Gasteiger partial charge in [-0.25, -0.2) is 9.97 Å². The lowest BCUT2D eigenvalue weighted by Crippen LogP contribution is -2.40. The number of ether oxygens (including phenoxy) is 1. The van der Waals surface area contributed by atoms with Crippen molar-refractivity contribution >= 4 is 22.4 Å². The van der Waals surface area contributed by atoms with Gasteiger partial charge in [-0.05, 0) is 60.4 Å². The van der Waals surface area contributed by atoms with Crippen molar-refractivity contribution in [3.05, 3.63) is 64.5 Å². The predicted molar refractivity (Wildman–Crippen MR) is 175 cm³/mol. The molecule has 4 heterocycles. The van der Waals surface area contributed by atoms with Gasteiger partial charge < -0.3 is 14.5 Å². The minimum atomic E-state index is 0.318. The molecular formula is C35H48N6O. The van der Waals surface area contributed by atoms with Crippen molar-refractivity contribution in [3.8, 4) is 11.4 Å². The van der Waals surface area contributed by atoms with Crippen molar-refractivity contribution in [3.63, 3.8) is 0 Å². The smallest absolute Gasteiger partial charge is 0.162 e. The van der Waals surface area contributed by atoms with Crippen molar-refractivity contribution in [1.82, 2.24) is 20.2 Å². The number of hydrogen-bond donors (Lipinski definition) is 1. The number of methoxy groups -OCH3 is 1. The number of nitrogens with zero attached hydrogens (tertiary/aromatic N) is 5. The van der Waals surface area contributed by atoms with Crippen LogP contribution in [0.1, 0.15) is 94.2 Å². The van der Waals surface area contributed by atoms with E-state index in [1.165, 1.54) is 33.6 Å². The molecule has 4 aromatic rings. The molecule has 0 unspecified atom stereocenters. The molecule has 6 rings (SSSR count). The third kappa shape index (κ3) is 5.76. The Bertz CT molecular complexity index is 1520. The van der Waals surface area contributed by atoms with Crippen molar-refractivity contribution in [2.45, 2.75) is 92.2 Å². The summed E-state index contributed by atoms with van der Waals surface area (Å²) in [6.45, 7) is 18.9. The molecule has 0 spiro atoms. The van der Waals surface area contributed by atoms with Crippen molar-refractivity contribution in [1.29, 1.82) is 0 Å². The topological polar surface area (TPSA) is 70.2 Å². The molecule has 0 radical (unpaired) electrons. The summed E-state index contributed by atoms with van der Waals surface area (Å²) in [7, 11) is 1.83. The largest absolute Gasteiger partial charge is 0.381 e. The molecule has 0 atom stereocenters. The number of rotatable bonds is 6. The number of fused-ring (bicyclic) bond motifs is 2. The zero-order valence-corrected chi connectivity index (χ0v) is 26.8.